The molecular weight excluding hydrogens is 224 g/mol. The van der Waals surface area contributed by atoms with Crippen LogP contribution in [0.15, 0.2) is 48.8 Å². The van der Waals surface area contributed by atoms with Crippen LogP contribution in [0.2, 0.25) is 0 Å². The molecule has 4 nitrogen and oxygen atoms in total. The highest BCUT2D eigenvalue weighted by Crippen LogP contribution is 2.13. The Hall–Kier alpha value is -2.36. The molecule has 0 fully saturated rings. The average Bonchev–Trinajstić information content (AvgIpc) is 2.82. The number of nitrogens with zero attached hydrogens (tertiary/aromatic N) is 2. The standard InChI is InChI=1S/C14H14N4/c1-2-4-13-12(3-1)17-14(18-13)16-10-7-11-5-8-15-9-6-11/h1-6,8-9H,7,10H2,(H2,16,17,18). The van der Waals surface area contributed by atoms with Crippen molar-refractivity contribution in [3.8, 4) is 0 Å². The molecule has 2 heterocycles. The normalized spacial score (nSPS) is 10.7. The van der Waals surface area contributed by atoms with E-state index in [-0.39, 0.29) is 0 Å². The van der Waals surface area contributed by atoms with Gasteiger partial charge in [-0.25, -0.2) is 4.98 Å². The third kappa shape index (κ3) is 2.32. The maximum absolute atomic E-state index is 4.46. The summed E-state index contributed by atoms with van der Waals surface area (Å²) < 4.78 is 0. The fourth-order valence-corrected chi connectivity index (χ4v) is 1.91. The molecule has 0 radical (unpaired) electrons. The van der Waals surface area contributed by atoms with Crippen LogP contribution in [0.3, 0.4) is 0 Å². The van der Waals surface area contributed by atoms with Crippen molar-refractivity contribution in [2.24, 2.45) is 0 Å². The molecule has 0 amide bonds. The summed E-state index contributed by atoms with van der Waals surface area (Å²) in [5.41, 5.74) is 3.32. The summed E-state index contributed by atoms with van der Waals surface area (Å²) in [6.07, 6.45) is 4.59. The lowest BCUT2D eigenvalue weighted by Gasteiger charge is -2.02. The lowest BCUT2D eigenvalue weighted by Crippen LogP contribution is -2.05. The highest BCUT2D eigenvalue weighted by molar-refractivity contribution is 5.77. The molecule has 0 bridgehead atoms. The maximum Gasteiger partial charge on any atom is 0.201 e. The first-order chi connectivity index (χ1) is 8.92. The molecule has 0 atom stereocenters. The smallest absolute Gasteiger partial charge is 0.201 e. The molecule has 90 valence electrons. The Balaban J connectivity index is 1.63. The molecule has 3 rings (SSSR count). The third-order valence-electron chi connectivity index (χ3n) is 2.84. The fraction of sp³-hybridized carbons (Fsp3) is 0.143. The number of fused-ring (bicyclic) bond motifs is 1. The van der Waals surface area contributed by atoms with Gasteiger partial charge in [0.15, 0.2) is 0 Å². The number of para-hydroxylation sites is 2. The summed E-state index contributed by atoms with van der Waals surface area (Å²) in [6, 6.07) is 12.1. The second-order valence-electron chi connectivity index (χ2n) is 4.13. The number of pyridine rings is 1. The number of aromatic nitrogens is 3. The zero-order valence-electron chi connectivity index (χ0n) is 9.93. The number of H-pyrrole nitrogens is 1. The highest BCUT2D eigenvalue weighted by Gasteiger charge is 2.00. The monoisotopic (exact) mass is 238 g/mol. The van der Waals surface area contributed by atoms with Crippen LogP contribution in [-0.4, -0.2) is 21.5 Å². The quantitative estimate of drug-likeness (QED) is 0.734. The zero-order valence-corrected chi connectivity index (χ0v) is 9.93. The molecule has 2 aromatic heterocycles. The molecule has 2 N–H and O–H groups in total. The van der Waals surface area contributed by atoms with Crippen LogP contribution in [0, 0.1) is 0 Å². The van der Waals surface area contributed by atoms with Gasteiger partial charge < -0.3 is 10.3 Å². The minimum Gasteiger partial charge on any atom is -0.355 e. The van der Waals surface area contributed by atoms with E-state index in [0.717, 1.165) is 29.9 Å². The summed E-state index contributed by atoms with van der Waals surface area (Å²) >= 11 is 0. The lowest BCUT2D eigenvalue weighted by molar-refractivity contribution is 0.994. The minimum atomic E-state index is 0.824. The summed E-state index contributed by atoms with van der Waals surface area (Å²) in [6.45, 7) is 0.851. The number of hydrogen-bond acceptors (Lipinski definition) is 3. The van der Waals surface area contributed by atoms with Crippen molar-refractivity contribution in [3.05, 3.63) is 54.4 Å². The molecule has 4 heteroatoms. The molecule has 1 aromatic carbocycles. The van der Waals surface area contributed by atoms with Crippen LogP contribution in [0.5, 0.6) is 0 Å². The molecule has 0 saturated heterocycles. The Morgan fingerprint density at radius 1 is 1.06 bits per heavy atom. The van der Waals surface area contributed by atoms with E-state index < -0.39 is 0 Å². The van der Waals surface area contributed by atoms with E-state index in [1.807, 2.05) is 48.8 Å². The largest absolute Gasteiger partial charge is 0.355 e. The number of nitrogens with one attached hydrogen (secondary N) is 2. The molecule has 0 saturated carbocycles. The Bertz CT molecular complexity index is 597. The van der Waals surface area contributed by atoms with Gasteiger partial charge in [0.25, 0.3) is 0 Å². The van der Waals surface area contributed by atoms with Crippen molar-refractivity contribution >= 4 is 17.0 Å². The van der Waals surface area contributed by atoms with Gasteiger partial charge in [-0.1, -0.05) is 12.1 Å². The number of hydrogen-bond donors (Lipinski definition) is 2. The highest BCUT2D eigenvalue weighted by atomic mass is 15.1. The number of anilines is 1. The molecule has 0 spiro atoms. The Morgan fingerprint density at radius 3 is 2.72 bits per heavy atom. The van der Waals surface area contributed by atoms with Crippen LogP contribution in [0.1, 0.15) is 5.56 Å². The van der Waals surface area contributed by atoms with Crippen LogP contribution in [-0.2, 0) is 6.42 Å². The van der Waals surface area contributed by atoms with Crippen LogP contribution < -0.4 is 5.32 Å². The number of imidazole rings is 1. The van der Waals surface area contributed by atoms with Gasteiger partial charge >= 0.3 is 0 Å². The van der Waals surface area contributed by atoms with Crippen molar-refractivity contribution in [1.29, 1.82) is 0 Å². The number of aromatic amines is 1. The van der Waals surface area contributed by atoms with Gasteiger partial charge in [0, 0.05) is 18.9 Å². The topological polar surface area (TPSA) is 53.6 Å². The summed E-state index contributed by atoms with van der Waals surface area (Å²) in [5.74, 6) is 0.824. The van der Waals surface area contributed by atoms with E-state index >= 15 is 0 Å². The zero-order chi connectivity index (χ0) is 12.2. The van der Waals surface area contributed by atoms with Crippen LogP contribution in [0.4, 0.5) is 5.95 Å². The fourth-order valence-electron chi connectivity index (χ4n) is 1.91. The summed E-state index contributed by atoms with van der Waals surface area (Å²) in [4.78, 5) is 11.7. The number of rotatable bonds is 4. The van der Waals surface area contributed by atoms with Gasteiger partial charge in [-0.3, -0.25) is 4.98 Å². The van der Waals surface area contributed by atoms with Crippen molar-refractivity contribution in [2.75, 3.05) is 11.9 Å². The lowest BCUT2D eigenvalue weighted by atomic mass is 10.2. The van der Waals surface area contributed by atoms with Crippen molar-refractivity contribution in [3.63, 3.8) is 0 Å². The molecule has 3 aromatic rings. The molecule has 18 heavy (non-hydrogen) atoms. The van der Waals surface area contributed by atoms with Crippen molar-refractivity contribution in [2.45, 2.75) is 6.42 Å². The van der Waals surface area contributed by atoms with E-state index in [2.05, 4.69) is 20.3 Å². The van der Waals surface area contributed by atoms with E-state index in [1.165, 1.54) is 5.56 Å². The third-order valence-corrected chi connectivity index (χ3v) is 2.84. The predicted molar refractivity (Wildman–Crippen MR) is 72.5 cm³/mol. The Kier molecular flexibility index (Phi) is 2.92. The van der Waals surface area contributed by atoms with Crippen molar-refractivity contribution < 1.29 is 0 Å². The van der Waals surface area contributed by atoms with Gasteiger partial charge in [0.05, 0.1) is 11.0 Å². The van der Waals surface area contributed by atoms with Gasteiger partial charge in [0.1, 0.15) is 0 Å². The van der Waals surface area contributed by atoms with Gasteiger partial charge in [-0.05, 0) is 36.2 Å². The number of benzene rings is 1. The molecule has 0 unspecified atom stereocenters. The maximum atomic E-state index is 4.46. The second kappa shape index (κ2) is 4.87. The minimum absolute atomic E-state index is 0.824. The summed E-state index contributed by atoms with van der Waals surface area (Å²) in [7, 11) is 0. The van der Waals surface area contributed by atoms with E-state index in [0.29, 0.717) is 0 Å². The van der Waals surface area contributed by atoms with E-state index in [9.17, 15) is 0 Å². The van der Waals surface area contributed by atoms with E-state index in [4.69, 9.17) is 0 Å². The van der Waals surface area contributed by atoms with Gasteiger partial charge in [-0.15, -0.1) is 0 Å². The molecule has 0 aliphatic rings. The van der Waals surface area contributed by atoms with Crippen LogP contribution in [0.25, 0.3) is 11.0 Å². The Labute approximate surface area is 105 Å². The second-order valence-corrected chi connectivity index (χ2v) is 4.13. The van der Waals surface area contributed by atoms with Crippen molar-refractivity contribution in [1.82, 2.24) is 15.0 Å². The molecular formula is C14H14N4. The van der Waals surface area contributed by atoms with Gasteiger partial charge in [-0.2, -0.15) is 0 Å². The average molecular weight is 238 g/mol. The van der Waals surface area contributed by atoms with E-state index in [1.54, 1.807) is 0 Å². The first kappa shape index (κ1) is 10.8. The first-order valence-corrected chi connectivity index (χ1v) is 5.99. The van der Waals surface area contributed by atoms with Gasteiger partial charge in [0.2, 0.25) is 5.95 Å². The van der Waals surface area contributed by atoms with Crippen LogP contribution >= 0.6 is 0 Å². The predicted octanol–water partition coefficient (Wildman–Crippen LogP) is 2.61. The molecule has 0 aliphatic carbocycles. The molecule has 0 aliphatic heterocycles. The summed E-state index contributed by atoms with van der Waals surface area (Å²) in [5, 5.41) is 3.30. The first-order valence-electron chi connectivity index (χ1n) is 5.99. The Morgan fingerprint density at radius 2 is 1.89 bits per heavy atom. The SMILES string of the molecule is c1ccc2[nH]c(NCCc3ccncc3)nc2c1.